The van der Waals surface area contributed by atoms with Crippen molar-refractivity contribution in [2.75, 3.05) is 0 Å². The van der Waals surface area contributed by atoms with Crippen LogP contribution in [0.4, 0.5) is 0 Å². The summed E-state index contributed by atoms with van der Waals surface area (Å²) in [5.41, 5.74) is 10.1. The van der Waals surface area contributed by atoms with Crippen LogP contribution in [0.5, 0.6) is 0 Å². The number of fused-ring (bicyclic) bond motifs is 1. The van der Waals surface area contributed by atoms with E-state index in [0.29, 0.717) is 6.42 Å². The molecule has 0 amide bonds. The summed E-state index contributed by atoms with van der Waals surface area (Å²) in [6, 6.07) is 8.06. The Kier molecular flexibility index (Phi) is 3.66. The van der Waals surface area contributed by atoms with Gasteiger partial charge in [-0.2, -0.15) is 5.10 Å². The highest BCUT2D eigenvalue weighted by Gasteiger charge is 2.15. The predicted octanol–water partition coefficient (Wildman–Crippen LogP) is 2.40. The predicted molar refractivity (Wildman–Crippen MR) is 82.8 cm³/mol. The van der Waals surface area contributed by atoms with Crippen LogP contribution in [0.25, 0.3) is 10.9 Å². The van der Waals surface area contributed by atoms with Crippen LogP contribution in [0.15, 0.2) is 36.7 Å². The van der Waals surface area contributed by atoms with Gasteiger partial charge in [0.1, 0.15) is 0 Å². The van der Waals surface area contributed by atoms with Crippen LogP contribution in [0.2, 0.25) is 0 Å². The summed E-state index contributed by atoms with van der Waals surface area (Å²) in [6.45, 7) is 4.85. The van der Waals surface area contributed by atoms with E-state index in [0.717, 1.165) is 34.5 Å². The molecule has 0 spiro atoms. The molecule has 1 aromatic carbocycles. The van der Waals surface area contributed by atoms with Gasteiger partial charge in [0.05, 0.1) is 34.8 Å². The number of aromatic nitrogens is 4. The first-order valence-corrected chi connectivity index (χ1v) is 7.17. The Bertz CT molecular complexity index is 745. The largest absolute Gasteiger partial charge is 0.322 e. The highest BCUT2D eigenvalue weighted by atomic mass is 15.3. The van der Waals surface area contributed by atoms with Crippen LogP contribution in [-0.2, 0) is 13.0 Å². The third-order valence-electron chi connectivity index (χ3n) is 3.63. The lowest BCUT2D eigenvalue weighted by Gasteiger charge is -2.09. The van der Waals surface area contributed by atoms with Crippen LogP contribution >= 0.6 is 0 Å². The van der Waals surface area contributed by atoms with E-state index in [2.05, 4.69) is 34.1 Å². The first-order valence-electron chi connectivity index (χ1n) is 7.17. The maximum atomic E-state index is 6.27. The fourth-order valence-corrected chi connectivity index (χ4v) is 2.49. The third kappa shape index (κ3) is 2.64. The summed E-state index contributed by atoms with van der Waals surface area (Å²) in [4.78, 5) is 8.62. The SMILES string of the molecule is CCn1nc(CC(N)c2cnc(C)cn2)c2ccccc21. The van der Waals surface area contributed by atoms with Gasteiger partial charge in [-0.3, -0.25) is 14.6 Å². The average Bonchev–Trinajstić information content (AvgIpc) is 2.86. The van der Waals surface area contributed by atoms with Crippen molar-refractivity contribution in [3.63, 3.8) is 0 Å². The van der Waals surface area contributed by atoms with Crippen molar-refractivity contribution in [2.24, 2.45) is 5.73 Å². The van der Waals surface area contributed by atoms with Crippen molar-refractivity contribution in [2.45, 2.75) is 32.9 Å². The Labute approximate surface area is 123 Å². The lowest BCUT2D eigenvalue weighted by Crippen LogP contribution is -2.16. The standard InChI is InChI=1S/C16H19N5/c1-3-21-16-7-5-4-6-12(16)14(20-21)8-13(17)15-10-18-11(2)9-19-15/h4-7,9-10,13H,3,8,17H2,1-2H3. The van der Waals surface area contributed by atoms with Crippen LogP contribution < -0.4 is 5.73 Å². The summed E-state index contributed by atoms with van der Waals surface area (Å²) >= 11 is 0. The van der Waals surface area contributed by atoms with Crippen LogP contribution in [0, 0.1) is 6.92 Å². The van der Waals surface area contributed by atoms with Crippen molar-refractivity contribution in [3.05, 3.63) is 53.7 Å². The molecule has 1 unspecified atom stereocenters. The van der Waals surface area contributed by atoms with Crippen LogP contribution in [-0.4, -0.2) is 19.7 Å². The number of benzene rings is 1. The van der Waals surface area contributed by atoms with Gasteiger partial charge in [-0.05, 0) is 19.9 Å². The summed E-state index contributed by atoms with van der Waals surface area (Å²) in [5, 5.41) is 5.84. The van der Waals surface area contributed by atoms with E-state index in [1.807, 2.05) is 23.7 Å². The van der Waals surface area contributed by atoms with Crippen molar-refractivity contribution < 1.29 is 0 Å². The first kappa shape index (κ1) is 13.7. The zero-order valence-electron chi connectivity index (χ0n) is 12.3. The molecule has 21 heavy (non-hydrogen) atoms. The Morgan fingerprint density at radius 2 is 2.00 bits per heavy atom. The van der Waals surface area contributed by atoms with Gasteiger partial charge in [-0.15, -0.1) is 0 Å². The second-order valence-corrected chi connectivity index (χ2v) is 5.17. The smallest absolute Gasteiger partial charge is 0.0758 e. The minimum atomic E-state index is -0.193. The quantitative estimate of drug-likeness (QED) is 0.797. The first-order chi connectivity index (χ1) is 10.2. The summed E-state index contributed by atoms with van der Waals surface area (Å²) in [5.74, 6) is 0. The average molecular weight is 281 g/mol. The summed E-state index contributed by atoms with van der Waals surface area (Å²) < 4.78 is 2.01. The highest BCUT2D eigenvalue weighted by molar-refractivity contribution is 5.82. The second kappa shape index (κ2) is 5.61. The molecule has 0 aliphatic heterocycles. The zero-order valence-corrected chi connectivity index (χ0v) is 12.3. The lowest BCUT2D eigenvalue weighted by atomic mass is 10.1. The zero-order chi connectivity index (χ0) is 14.8. The molecule has 0 saturated carbocycles. The normalized spacial score (nSPS) is 12.7. The number of hydrogen-bond acceptors (Lipinski definition) is 4. The van der Waals surface area contributed by atoms with Gasteiger partial charge in [0.25, 0.3) is 0 Å². The molecule has 5 nitrogen and oxygen atoms in total. The van der Waals surface area contributed by atoms with Crippen molar-refractivity contribution >= 4 is 10.9 Å². The van der Waals surface area contributed by atoms with E-state index in [1.165, 1.54) is 0 Å². The third-order valence-corrected chi connectivity index (χ3v) is 3.63. The molecule has 0 radical (unpaired) electrons. The van der Waals surface area contributed by atoms with Crippen LogP contribution in [0.3, 0.4) is 0 Å². The molecule has 0 bridgehead atoms. The molecule has 5 heteroatoms. The monoisotopic (exact) mass is 281 g/mol. The molecular formula is C16H19N5. The fraction of sp³-hybridized carbons (Fsp3) is 0.312. The molecular weight excluding hydrogens is 262 g/mol. The number of aryl methyl sites for hydroxylation is 2. The Morgan fingerprint density at radius 3 is 2.71 bits per heavy atom. The summed E-state index contributed by atoms with van der Waals surface area (Å²) in [7, 11) is 0. The van der Waals surface area contributed by atoms with Crippen molar-refractivity contribution in [1.29, 1.82) is 0 Å². The Hall–Kier alpha value is -2.27. The van der Waals surface area contributed by atoms with Gasteiger partial charge < -0.3 is 5.73 Å². The topological polar surface area (TPSA) is 69.6 Å². The van der Waals surface area contributed by atoms with E-state index in [1.54, 1.807) is 12.4 Å². The Morgan fingerprint density at radius 1 is 1.19 bits per heavy atom. The van der Waals surface area contributed by atoms with E-state index >= 15 is 0 Å². The highest BCUT2D eigenvalue weighted by Crippen LogP contribution is 2.22. The van der Waals surface area contributed by atoms with E-state index in [9.17, 15) is 0 Å². The molecule has 1 atom stereocenters. The molecule has 108 valence electrons. The molecule has 0 saturated heterocycles. The second-order valence-electron chi connectivity index (χ2n) is 5.17. The van der Waals surface area contributed by atoms with E-state index in [-0.39, 0.29) is 6.04 Å². The minimum Gasteiger partial charge on any atom is -0.322 e. The van der Waals surface area contributed by atoms with Gasteiger partial charge in [0.15, 0.2) is 0 Å². The van der Waals surface area contributed by atoms with E-state index < -0.39 is 0 Å². The lowest BCUT2D eigenvalue weighted by molar-refractivity contribution is 0.632. The minimum absolute atomic E-state index is 0.193. The van der Waals surface area contributed by atoms with Gasteiger partial charge in [-0.25, -0.2) is 0 Å². The van der Waals surface area contributed by atoms with Crippen LogP contribution in [0.1, 0.15) is 30.0 Å². The molecule has 2 N–H and O–H groups in total. The van der Waals surface area contributed by atoms with Crippen molar-refractivity contribution in [3.8, 4) is 0 Å². The molecule has 0 aliphatic rings. The molecule has 3 rings (SSSR count). The van der Waals surface area contributed by atoms with E-state index in [4.69, 9.17) is 5.73 Å². The fourth-order valence-electron chi connectivity index (χ4n) is 2.49. The maximum Gasteiger partial charge on any atom is 0.0758 e. The number of nitrogens with zero attached hydrogens (tertiary/aromatic N) is 4. The Balaban J connectivity index is 1.92. The van der Waals surface area contributed by atoms with Gasteiger partial charge in [-0.1, -0.05) is 18.2 Å². The summed E-state index contributed by atoms with van der Waals surface area (Å²) in [6.07, 6.45) is 4.15. The maximum absolute atomic E-state index is 6.27. The number of rotatable bonds is 4. The molecule has 2 heterocycles. The molecule has 0 fully saturated rings. The van der Waals surface area contributed by atoms with Gasteiger partial charge in [0, 0.05) is 24.5 Å². The number of hydrogen-bond donors (Lipinski definition) is 1. The molecule has 3 aromatic rings. The van der Waals surface area contributed by atoms with Crippen molar-refractivity contribution in [1.82, 2.24) is 19.7 Å². The number of para-hydroxylation sites is 1. The van der Waals surface area contributed by atoms with Gasteiger partial charge in [0.2, 0.25) is 0 Å². The molecule has 2 aromatic heterocycles. The number of nitrogens with two attached hydrogens (primary N) is 1. The molecule has 0 aliphatic carbocycles. The van der Waals surface area contributed by atoms with Gasteiger partial charge >= 0.3 is 0 Å².